The Morgan fingerprint density at radius 3 is 2.68 bits per heavy atom. The van der Waals surface area contributed by atoms with Crippen molar-refractivity contribution in [2.45, 2.75) is 9.92 Å². The molecule has 1 saturated heterocycles. The number of nitrogens with one attached hydrogen (secondary N) is 2. The van der Waals surface area contributed by atoms with Crippen molar-refractivity contribution in [1.29, 1.82) is 0 Å². The molecular weight excluding hydrogens is 345 g/mol. The zero-order chi connectivity index (χ0) is 17.4. The Hall–Kier alpha value is -2.52. The summed E-state index contributed by atoms with van der Waals surface area (Å²) in [6.07, 6.45) is 0. The first kappa shape index (κ1) is 16.0. The number of H-pyrrole nitrogens is 1. The average Bonchev–Trinajstić information content (AvgIpc) is 3.06. The maximum Gasteiger partial charge on any atom is 0.225 e. The number of pyridine rings is 1. The summed E-state index contributed by atoms with van der Waals surface area (Å²) in [6.45, 7) is 3.28. The van der Waals surface area contributed by atoms with Crippen molar-refractivity contribution in [2.24, 2.45) is 0 Å². The molecule has 4 rings (SSSR count). The quantitative estimate of drug-likeness (QED) is 0.732. The van der Waals surface area contributed by atoms with Gasteiger partial charge in [-0.05, 0) is 30.3 Å². The third-order valence-electron chi connectivity index (χ3n) is 4.17. The van der Waals surface area contributed by atoms with Crippen LogP contribution in [0.3, 0.4) is 0 Å². The summed E-state index contributed by atoms with van der Waals surface area (Å²) in [7, 11) is -3.94. The maximum atomic E-state index is 13.4. The van der Waals surface area contributed by atoms with Gasteiger partial charge < -0.3 is 10.2 Å². The lowest BCUT2D eigenvalue weighted by atomic mass is 10.3. The molecule has 130 valence electrons. The summed E-state index contributed by atoms with van der Waals surface area (Å²) in [5.74, 6) is 0.0884. The molecule has 25 heavy (non-hydrogen) atoms. The van der Waals surface area contributed by atoms with Crippen LogP contribution in [0.4, 0.5) is 10.2 Å². The van der Waals surface area contributed by atoms with Crippen LogP contribution < -0.4 is 10.2 Å². The number of aromatic amines is 1. The molecule has 1 fully saturated rings. The third kappa shape index (κ3) is 2.85. The molecule has 0 unspecified atom stereocenters. The van der Waals surface area contributed by atoms with Gasteiger partial charge in [0.1, 0.15) is 22.7 Å². The number of nitrogens with zero attached hydrogens (tertiary/aromatic N) is 3. The highest BCUT2D eigenvalue weighted by atomic mass is 32.2. The normalized spacial score (nSPS) is 15.6. The second kappa shape index (κ2) is 6.08. The summed E-state index contributed by atoms with van der Waals surface area (Å²) in [5, 5.41) is 9.72. The molecule has 0 aliphatic carbocycles. The summed E-state index contributed by atoms with van der Waals surface area (Å²) < 4.78 is 39.1. The standard InChI is InChI=1S/C16H16FN5O2S/c17-11-2-1-3-12(10-11)25(23,24)16-15-13(20-21-16)4-5-14(19-15)22-8-6-18-7-9-22/h1-5,10,18H,6-9H2,(H,20,21). The van der Waals surface area contributed by atoms with Gasteiger partial charge >= 0.3 is 0 Å². The Kier molecular flexibility index (Phi) is 3.89. The Morgan fingerprint density at radius 1 is 1.12 bits per heavy atom. The summed E-state index contributed by atoms with van der Waals surface area (Å²) in [4.78, 5) is 6.46. The molecule has 2 N–H and O–H groups in total. The van der Waals surface area contributed by atoms with E-state index in [1.807, 2.05) is 6.07 Å². The lowest BCUT2D eigenvalue weighted by molar-refractivity contribution is 0.584. The lowest BCUT2D eigenvalue weighted by Gasteiger charge is -2.28. The van der Waals surface area contributed by atoms with Crippen LogP contribution in [0.5, 0.6) is 0 Å². The number of hydrogen-bond acceptors (Lipinski definition) is 6. The van der Waals surface area contributed by atoms with Crippen molar-refractivity contribution in [3.63, 3.8) is 0 Å². The first-order chi connectivity index (χ1) is 12.1. The van der Waals surface area contributed by atoms with E-state index in [0.717, 1.165) is 32.2 Å². The highest BCUT2D eigenvalue weighted by molar-refractivity contribution is 7.91. The fourth-order valence-corrected chi connectivity index (χ4v) is 4.20. The van der Waals surface area contributed by atoms with Gasteiger partial charge in [-0.15, -0.1) is 0 Å². The fourth-order valence-electron chi connectivity index (χ4n) is 2.87. The van der Waals surface area contributed by atoms with Crippen LogP contribution >= 0.6 is 0 Å². The molecule has 1 aliphatic rings. The number of rotatable bonds is 3. The second-order valence-electron chi connectivity index (χ2n) is 5.79. The molecule has 2 aromatic heterocycles. The first-order valence-electron chi connectivity index (χ1n) is 7.87. The van der Waals surface area contributed by atoms with Gasteiger partial charge in [-0.3, -0.25) is 5.10 Å². The zero-order valence-corrected chi connectivity index (χ0v) is 14.1. The van der Waals surface area contributed by atoms with E-state index in [0.29, 0.717) is 11.3 Å². The van der Waals surface area contributed by atoms with Gasteiger partial charge in [-0.2, -0.15) is 5.10 Å². The summed E-state index contributed by atoms with van der Waals surface area (Å²) in [5.41, 5.74) is 0.717. The van der Waals surface area contributed by atoms with Crippen molar-refractivity contribution in [3.8, 4) is 0 Å². The van der Waals surface area contributed by atoms with Crippen molar-refractivity contribution in [1.82, 2.24) is 20.5 Å². The monoisotopic (exact) mass is 361 g/mol. The highest BCUT2D eigenvalue weighted by Gasteiger charge is 2.25. The minimum Gasteiger partial charge on any atom is -0.354 e. The van der Waals surface area contributed by atoms with E-state index in [9.17, 15) is 12.8 Å². The third-order valence-corrected chi connectivity index (χ3v) is 5.86. The molecule has 3 aromatic rings. The average molecular weight is 361 g/mol. The predicted octanol–water partition coefficient (Wildman–Crippen LogP) is 1.34. The molecular formula is C16H16FN5O2S. The van der Waals surface area contributed by atoms with Crippen LogP contribution in [0, 0.1) is 5.82 Å². The van der Waals surface area contributed by atoms with E-state index < -0.39 is 15.7 Å². The number of sulfone groups is 1. The lowest BCUT2D eigenvalue weighted by Crippen LogP contribution is -2.43. The van der Waals surface area contributed by atoms with Gasteiger partial charge in [-0.25, -0.2) is 17.8 Å². The highest BCUT2D eigenvalue weighted by Crippen LogP contribution is 2.27. The van der Waals surface area contributed by atoms with Crippen molar-refractivity contribution in [3.05, 3.63) is 42.2 Å². The van der Waals surface area contributed by atoms with Gasteiger partial charge in [0, 0.05) is 26.2 Å². The van der Waals surface area contributed by atoms with Crippen LogP contribution in [-0.2, 0) is 9.84 Å². The minimum absolute atomic E-state index is 0.120. The number of halogens is 1. The summed E-state index contributed by atoms with van der Waals surface area (Å²) in [6, 6.07) is 8.46. The van der Waals surface area contributed by atoms with Crippen molar-refractivity contribution >= 4 is 26.7 Å². The predicted molar refractivity (Wildman–Crippen MR) is 90.8 cm³/mol. The molecule has 0 saturated carbocycles. The van der Waals surface area contributed by atoms with Crippen molar-refractivity contribution in [2.75, 3.05) is 31.1 Å². The molecule has 0 bridgehead atoms. The van der Waals surface area contributed by atoms with E-state index >= 15 is 0 Å². The second-order valence-corrected chi connectivity index (χ2v) is 7.67. The molecule has 3 heterocycles. The SMILES string of the molecule is O=S(=O)(c1cccc(F)c1)c1[nH]nc2ccc(N3CCNCC3)nc12. The Bertz CT molecular complexity index is 1030. The van der Waals surface area contributed by atoms with E-state index in [4.69, 9.17) is 0 Å². The number of aromatic nitrogens is 3. The minimum atomic E-state index is -3.94. The van der Waals surface area contributed by atoms with Crippen LogP contribution in [0.15, 0.2) is 46.3 Å². The maximum absolute atomic E-state index is 13.4. The topological polar surface area (TPSA) is 91.0 Å². The molecule has 7 nitrogen and oxygen atoms in total. The van der Waals surface area contributed by atoms with Crippen LogP contribution in [0.1, 0.15) is 0 Å². The molecule has 1 aromatic carbocycles. The molecule has 0 amide bonds. The largest absolute Gasteiger partial charge is 0.354 e. The number of fused-ring (bicyclic) bond motifs is 1. The fraction of sp³-hybridized carbons (Fsp3) is 0.250. The Balaban J connectivity index is 1.82. The molecule has 0 radical (unpaired) electrons. The van der Waals surface area contributed by atoms with Crippen LogP contribution in [-0.4, -0.2) is 49.8 Å². The Labute approximate surface area is 143 Å². The zero-order valence-electron chi connectivity index (χ0n) is 13.2. The van der Waals surface area contributed by atoms with Gasteiger partial charge in [0.15, 0.2) is 5.03 Å². The van der Waals surface area contributed by atoms with E-state index in [1.54, 1.807) is 6.07 Å². The van der Waals surface area contributed by atoms with Crippen LogP contribution in [0.2, 0.25) is 0 Å². The molecule has 1 aliphatic heterocycles. The number of benzene rings is 1. The van der Waals surface area contributed by atoms with E-state index in [2.05, 4.69) is 25.4 Å². The smallest absolute Gasteiger partial charge is 0.225 e. The number of piperazine rings is 1. The van der Waals surface area contributed by atoms with Crippen molar-refractivity contribution < 1.29 is 12.8 Å². The Morgan fingerprint density at radius 2 is 1.92 bits per heavy atom. The van der Waals surface area contributed by atoms with Gasteiger partial charge in [0.25, 0.3) is 0 Å². The van der Waals surface area contributed by atoms with Crippen LogP contribution in [0.25, 0.3) is 11.0 Å². The van der Waals surface area contributed by atoms with Gasteiger partial charge in [0.05, 0.1) is 4.90 Å². The van der Waals surface area contributed by atoms with Gasteiger partial charge in [0.2, 0.25) is 9.84 Å². The molecule has 9 heteroatoms. The van der Waals surface area contributed by atoms with E-state index in [1.165, 1.54) is 18.2 Å². The molecule has 0 spiro atoms. The number of anilines is 1. The molecule has 0 atom stereocenters. The number of hydrogen-bond donors (Lipinski definition) is 2. The summed E-state index contributed by atoms with van der Waals surface area (Å²) >= 11 is 0. The first-order valence-corrected chi connectivity index (χ1v) is 9.35. The van der Waals surface area contributed by atoms with Gasteiger partial charge in [-0.1, -0.05) is 6.07 Å². The van der Waals surface area contributed by atoms with E-state index in [-0.39, 0.29) is 15.4 Å².